The van der Waals surface area contributed by atoms with Crippen molar-refractivity contribution in [2.45, 2.75) is 0 Å². The Morgan fingerprint density at radius 3 is 2.48 bits per heavy atom. The van der Waals surface area contributed by atoms with Crippen molar-refractivity contribution in [3.8, 4) is 0 Å². The van der Waals surface area contributed by atoms with Crippen molar-refractivity contribution in [2.75, 3.05) is 0 Å². The minimum atomic E-state index is -0.901. The molecule has 0 radical (unpaired) electrons. The van der Waals surface area contributed by atoms with Crippen molar-refractivity contribution in [3.63, 3.8) is 0 Å². The molecule has 0 spiro atoms. The van der Waals surface area contributed by atoms with Gasteiger partial charge in [-0.05, 0) is 23.7 Å². The van der Waals surface area contributed by atoms with Crippen LogP contribution in [0.1, 0.15) is 31.1 Å². The monoisotopic (exact) mass is 365 g/mol. The van der Waals surface area contributed by atoms with Gasteiger partial charge in [-0.2, -0.15) is 0 Å². The van der Waals surface area contributed by atoms with E-state index in [1.165, 1.54) is 12.1 Å². The van der Waals surface area contributed by atoms with Crippen LogP contribution in [0.15, 0.2) is 24.3 Å². The number of imide groups is 1. The van der Waals surface area contributed by atoms with Gasteiger partial charge in [0.15, 0.2) is 4.83 Å². The van der Waals surface area contributed by atoms with Crippen LogP contribution >= 0.6 is 34.5 Å². The van der Waals surface area contributed by atoms with Gasteiger partial charge >= 0.3 is 5.97 Å². The third-order valence-corrected chi connectivity index (χ3v) is 5.36. The molecule has 0 unspecified atom stereocenters. The highest BCUT2D eigenvalue weighted by Gasteiger charge is 2.39. The number of halogens is 1. The number of carbonyl (C=O) groups excluding carboxylic acids is 3. The zero-order valence-electron chi connectivity index (χ0n) is 11.0. The molecule has 3 heterocycles. The van der Waals surface area contributed by atoms with E-state index in [0.29, 0.717) is 14.6 Å². The fourth-order valence-electron chi connectivity index (χ4n) is 2.18. The molecule has 10 heteroatoms. The van der Waals surface area contributed by atoms with Crippen molar-refractivity contribution in [2.24, 2.45) is 0 Å². The minimum absolute atomic E-state index is 0.0539. The zero-order chi connectivity index (χ0) is 16.1. The largest absolute Gasteiger partial charge is 0.367 e. The molecule has 23 heavy (non-hydrogen) atoms. The summed E-state index contributed by atoms with van der Waals surface area (Å²) in [6, 6.07) is 6.23. The average Bonchev–Trinajstić information content (AvgIpc) is 3.16. The minimum Gasteiger partial charge on any atom is -0.324 e. The van der Waals surface area contributed by atoms with Crippen molar-refractivity contribution >= 4 is 61.8 Å². The molecule has 114 valence electrons. The molecule has 2 aromatic heterocycles. The predicted octanol–water partition coefficient (Wildman–Crippen LogP) is 2.77. The first-order valence-corrected chi connectivity index (χ1v) is 8.15. The lowest BCUT2D eigenvalue weighted by Gasteiger charge is -2.12. The van der Waals surface area contributed by atoms with Crippen LogP contribution in [0, 0.1) is 0 Å². The number of rotatable bonds is 2. The molecule has 1 aliphatic heterocycles. The SMILES string of the molecule is O=C(ON1C(=O)c2ccccc2C1=O)c1c(Cl)sc2nnsc12. The summed E-state index contributed by atoms with van der Waals surface area (Å²) in [5, 5.41) is 4.27. The van der Waals surface area contributed by atoms with Gasteiger partial charge < -0.3 is 4.84 Å². The number of hydrogen-bond acceptors (Lipinski definition) is 8. The van der Waals surface area contributed by atoms with Crippen LogP contribution in [-0.2, 0) is 4.84 Å². The summed E-state index contributed by atoms with van der Waals surface area (Å²) in [6.07, 6.45) is 0. The van der Waals surface area contributed by atoms with E-state index in [1.807, 2.05) is 0 Å². The molecular weight excluding hydrogens is 362 g/mol. The van der Waals surface area contributed by atoms with Gasteiger partial charge in [0.25, 0.3) is 11.8 Å². The Morgan fingerprint density at radius 2 is 1.83 bits per heavy atom. The fraction of sp³-hybridized carbons (Fsp3) is 0. The van der Waals surface area contributed by atoms with Gasteiger partial charge in [-0.15, -0.1) is 5.10 Å². The van der Waals surface area contributed by atoms with Crippen molar-refractivity contribution in [1.82, 2.24) is 14.7 Å². The maximum absolute atomic E-state index is 12.3. The Kier molecular flexibility index (Phi) is 3.15. The van der Waals surface area contributed by atoms with E-state index in [9.17, 15) is 14.4 Å². The highest BCUT2D eigenvalue weighted by molar-refractivity contribution is 7.27. The molecule has 0 N–H and O–H groups in total. The van der Waals surface area contributed by atoms with Crippen LogP contribution in [-0.4, -0.2) is 32.4 Å². The molecule has 4 rings (SSSR count). The number of benzene rings is 1. The van der Waals surface area contributed by atoms with Crippen LogP contribution in [0.2, 0.25) is 4.34 Å². The highest BCUT2D eigenvalue weighted by Crippen LogP contribution is 2.36. The van der Waals surface area contributed by atoms with Gasteiger partial charge in [0, 0.05) is 0 Å². The molecule has 0 saturated heterocycles. The Balaban J connectivity index is 1.68. The molecule has 0 bridgehead atoms. The number of carbonyl (C=O) groups is 3. The van der Waals surface area contributed by atoms with Crippen molar-refractivity contribution < 1.29 is 19.2 Å². The quantitative estimate of drug-likeness (QED) is 0.649. The van der Waals surface area contributed by atoms with Crippen LogP contribution in [0.5, 0.6) is 0 Å². The lowest BCUT2D eigenvalue weighted by molar-refractivity contribution is -0.0582. The van der Waals surface area contributed by atoms with E-state index >= 15 is 0 Å². The highest BCUT2D eigenvalue weighted by atomic mass is 35.5. The Bertz CT molecular complexity index is 961. The van der Waals surface area contributed by atoms with Gasteiger partial charge in [0.1, 0.15) is 14.6 Å². The Morgan fingerprint density at radius 1 is 1.17 bits per heavy atom. The number of thiophene rings is 1. The molecular formula is C13H4ClN3O4S2. The lowest BCUT2D eigenvalue weighted by atomic mass is 10.1. The van der Waals surface area contributed by atoms with Crippen LogP contribution < -0.4 is 0 Å². The summed E-state index contributed by atoms with van der Waals surface area (Å²) in [6.45, 7) is 0. The number of hydroxylamine groups is 2. The molecule has 0 fully saturated rings. The molecule has 1 aliphatic rings. The molecule has 2 amide bonds. The number of fused-ring (bicyclic) bond motifs is 2. The van der Waals surface area contributed by atoms with Crippen molar-refractivity contribution in [3.05, 3.63) is 45.3 Å². The number of nitrogens with zero attached hydrogens (tertiary/aromatic N) is 3. The number of hydrogen-bond donors (Lipinski definition) is 0. The first kappa shape index (κ1) is 14.2. The molecule has 0 atom stereocenters. The molecule has 1 aromatic carbocycles. The second kappa shape index (κ2) is 5.08. The van der Waals surface area contributed by atoms with E-state index in [0.717, 1.165) is 22.9 Å². The summed E-state index contributed by atoms with van der Waals surface area (Å²) in [5.74, 6) is -2.28. The summed E-state index contributed by atoms with van der Waals surface area (Å²) in [5.41, 5.74) is 0.427. The fourth-order valence-corrected chi connectivity index (χ4v) is 4.31. The summed E-state index contributed by atoms with van der Waals surface area (Å²) < 4.78 is 4.36. The number of amides is 2. The van der Waals surface area contributed by atoms with Gasteiger partial charge in [0.2, 0.25) is 0 Å². The van der Waals surface area contributed by atoms with Gasteiger partial charge in [0.05, 0.1) is 11.1 Å². The lowest BCUT2D eigenvalue weighted by Crippen LogP contribution is -2.32. The van der Waals surface area contributed by atoms with Gasteiger partial charge in [-0.25, -0.2) is 4.79 Å². The first-order valence-electron chi connectivity index (χ1n) is 6.18. The molecule has 7 nitrogen and oxygen atoms in total. The van der Waals surface area contributed by atoms with E-state index in [4.69, 9.17) is 16.4 Å². The van der Waals surface area contributed by atoms with E-state index < -0.39 is 17.8 Å². The predicted molar refractivity (Wildman–Crippen MR) is 82.7 cm³/mol. The second-order valence-corrected chi connectivity index (χ2v) is 6.84. The topological polar surface area (TPSA) is 89.5 Å². The standard InChI is InChI=1S/C13H4ClN3O4S2/c14-9-7(8-10(22-9)15-16-23-8)13(20)21-17-11(18)5-3-1-2-4-6(5)12(17)19/h1-4H. The third kappa shape index (κ3) is 2.05. The van der Waals surface area contributed by atoms with E-state index in [2.05, 4.69) is 9.59 Å². The zero-order valence-corrected chi connectivity index (χ0v) is 13.4. The Labute approximate surface area is 141 Å². The van der Waals surface area contributed by atoms with Gasteiger partial charge in [-0.1, -0.05) is 44.6 Å². The second-order valence-electron chi connectivity index (χ2n) is 4.49. The first-order chi connectivity index (χ1) is 11.1. The van der Waals surface area contributed by atoms with Gasteiger partial charge in [-0.3, -0.25) is 9.59 Å². The average molecular weight is 366 g/mol. The van der Waals surface area contributed by atoms with Crippen molar-refractivity contribution in [1.29, 1.82) is 0 Å². The maximum Gasteiger partial charge on any atom is 0.367 e. The van der Waals surface area contributed by atoms with Crippen LogP contribution in [0.3, 0.4) is 0 Å². The summed E-state index contributed by atoms with van der Waals surface area (Å²) in [4.78, 5) is 42.2. The molecule has 0 saturated carbocycles. The van der Waals surface area contributed by atoms with Crippen LogP contribution in [0.4, 0.5) is 0 Å². The third-order valence-electron chi connectivity index (χ3n) is 3.20. The molecule has 0 aliphatic carbocycles. The molecule has 3 aromatic rings. The normalized spacial score (nSPS) is 13.7. The smallest absolute Gasteiger partial charge is 0.324 e. The maximum atomic E-state index is 12.3. The summed E-state index contributed by atoms with van der Waals surface area (Å²) >= 11 is 8.08. The van der Waals surface area contributed by atoms with Crippen LogP contribution in [0.25, 0.3) is 9.53 Å². The summed E-state index contributed by atoms with van der Waals surface area (Å²) in [7, 11) is 0. The number of aromatic nitrogens is 2. The Hall–Kier alpha value is -2.36. The van der Waals surface area contributed by atoms with E-state index in [-0.39, 0.29) is 21.0 Å². The van der Waals surface area contributed by atoms with E-state index in [1.54, 1.807) is 12.1 Å².